The maximum absolute atomic E-state index is 13.0. The van der Waals surface area contributed by atoms with Gasteiger partial charge in [0.15, 0.2) is 6.04 Å². The number of nitrogens with two attached hydrogens (primary N) is 1. The van der Waals surface area contributed by atoms with E-state index in [9.17, 15) is 4.79 Å². The molecule has 0 bridgehead atoms. The molecule has 4 unspecified atom stereocenters. The van der Waals surface area contributed by atoms with Crippen molar-refractivity contribution in [3.8, 4) is 11.4 Å². The molecule has 0 radical (unpaired) electrons. The van der Waals surface area contributed by atoms with Gasteiger partial charge < -0.3 is 10.6 Å². The molecule has 2 aromatic rings. The van der Waals surface area contributed by atoms with Crippen LogP contribution in [-0.2, 0) is 4.79 Å². The summed E-state index contributed by atoms with van der Waals surface area (Å²) in [6.45, 7) is 3.52. The zero-order valence-electron chi connectivity index (χ0n) is 14.8. The molecule has 1 amide bonds. The Labute approximate surface area is 157 Å². The second kappa shape index (κ2) is 6.96. The van der Waals surface area contributed by atoms with Gasteiger partial charge in [-0.2, -0.15) is 4.80 Å². The average Bonchev–Trinajstić information content (AvgIpc) is 3.34. The highest BCUT2D eigenvalue weighted by molar-refractivity contribution is 6.30. The minimum atomic E-state index is -0.432. The topological polar surface area (TPSA) is 89.9 Å². The van der Waals surface area contributed by atoms with Crippen LogP contribution in [0.3, 0.4) is 0 Å². The van der Waals surface area contributed by atoms with Crippen LogP contribution in [0.1, 0.15) is 32.2 Å². The van der Waals surface area contributed by atoms with E-state index in [4.69, 9.17) is 17.3 Å². The standard InChI is InChI=1S/C18H23ClN6O/c1-2-16(18(26)24-9-12-5-8-15(20)14(12)10-24)25-22-17(21-23-25)11-3-6-13(19)7-4-11/h3-4,6-7,12,14-16H,2,5,8-10,20H2,1H3. The van der Waals surface area contributed by atoms with Gasteiger partial charge in [-0.1, -0.05) is 18.5 Å². The molecule has 1 saturated carbocycles. The van der Waals surface area contributed by atoms with E-state index in [-0.39, 0.29) is 11.9 Å². The number of tetrazole rings is 1. The maximum Gasteiger partial charge on any atom is 0.249 e. The first-order valence-corrected chi connectivity index (χ1v) is 9.54. The largest absolute Gasteiger partial charge is 0.340 e. The van der Waals surface area contributed by atoms with Crippen molar-refractivity contribution in [1.29, 1.82) is 0 Å². The van der Waals surface area contributed by atoms with Crippen molar-refractivity contribution in [2.45, 2.75) is 38.3 Å². The molecule has 2 N–H and O–H groups in total. The van der Waals surface area contributed by atoms with Gasteiger partial charge in [0.2, 0.25) is 11.7 Å². The van der Waals surface area contributed by atoms with Crippen LogP contribution in [0.4, 0.5) is 0 Å². The Morgan fingerprint density at radius 2 is 2.08 bits per heavy atom. The second-order valence-corrected chi connectivity index (χ2v) is 7.71. The molecule has 26 heavy (non-hydrogen) atoms. The number of rotatable bonds is 4. The SMILES string of the molecule is CCC(C(=O)N1CC2CCC(N)C2C1)n1nnc(-c2ccc(Cl)cc2)n1. The molecule has 2 aliphatic rings. The van der Waals surface area contributed by atoms with Crippen molar-refractivity contribution < 1.29 is 4.79 Å². The van der Waals surface area contributed by atoms with Crippen LogP contribution in [0.5, 0.6) is 0 Å². The van der Waals surface area contributed by atoms with E-state index in [1.54, 1.807) is 12.1 Å². The van der Waals surface area contributed by atoms with Gasteiger partial charge in [-0.05, 0) is 60.6 Å². The third kappa shape index (κ3) is 3.10. The predicted octanol–water partition coefficient (Wildman–Crippen LogP) is 2.14. The Balaban J connectivity index is 1.51. The summed E-state index contributed by atoms with van der Waals surface area (Å²) in [6.07, 6.45) is 2.81. The fourth-order valence-corrected chi connectivity index (χ4v) is 4.33. The number of halogens is 1. The molecule has 4 rings (SSSR count). The van der Waals surface area contributed by atoms with Gasteiger partial charge in [0.1, 0.15) is 0 Å². The lowest BCUT2D eigenvalue weighted by molar-refractivity contribution is -0.134. The first-order valence-electron chi connectivity index (χ1n) is 9.16. The van der Waals surface area contributed by atoms with Crippen LogP contribution >= 0.6 is 11.6 Å². The molecule has 7 nitrogen and oxygen atoms in total. The maximum atomic E-state index is 13.0. The average molecular weight is 375 g/mol. The Morgan fingerprint density at radius 1 is 1.31 bits per heavy atom. The number of carbonyl (C=O) groups is 1. The molecule has 1 aliphatic heterocycles. The highest BCUT2D eigenvalue weighted by atomic mass is 35.5. The van der Waals surface area contributed by atoms with Gasteiger partial charge >= 0.3 is 0 Å². The van der Waals surface area contributed by atoms with Crippen molar-refractivity contribution in [2.24, 2.45) is 17.6 Å². The Morgan fingerprint density at radius 3 is 2.77 bits per heavy atom. The first kappa shape index (κ1) is 17.4. The second-order valence-electron chi connectivity index (χ2n) is 7.27. The molecule has 1 aromatic heterocycles. The number of likely N-dealkylation sites (tertiary alicyclic amines) is 1. The Kier molecular flexibility index (Phi) is 4.67. The zero-order valence-corrected chi connectivity index (χ0v) is 15.5. The lowest BCUT2D eigenvalue weighted by Gasteiger charge is -2.23. The van der Waals surface area contributed by atoms with E-state index in [2.05, 4.69) is 15.4 Å². The zero-order chi connectivity index (χ0) is 18.3. The summed E-state index contributed by atoms with van der Waals surface area (Å²) >= 11 is 5.92. The van der Waals surface area contributed by atoms with Crippen LogP contribution in [0.25, 0.3) is 11.4 Å². The van der Waals surface area contributed by atoms with Gasteiger partial charge in [-0.25, -0.2) is 0 Å². The summed E-state index contributed by atoms with van der Waals surface area (Å²) in [5.41, 5.74) is 7.02. The number of aromatic nitrogens is 4. The van der Waals surface area contributed by atoms with Crippen molar-refractivity contribution >= 4 is 17.5 Å². The molecular weight excluding hydrogens is 352 g/mol. The van der Waals surface area contributed by atoms with Crippen LogP contribution in [0.2, 0.25) is 5.02 Å². The summed E-state index contributed by atoms with van der Waals surface area (Å²) in [5.74, 6) is 1.53. The Hall–Kier alpha value is -1.99. The van der Waals surface area contributed by atoms with Gasteiger partial charge in [-0.3, -0.25) is 4.79 Å². The van der Waals surface area contributed by atoms with Crippen LogP contribution in [0.15, 0.2) is 24.3 Å². The van der Waals surface area contributed by atoms with Crippen LogP contribution in [0, 0.1) is 11.8 Å². The minimum absolute atomic E-state index is 0.0640. The van der Waals surface area contributed by atoms with E-state index in [1.807, 2.05) is 24.0 Å². The molecule has 2 heterocycles. The fraction of sp³-hybridized carbons (Fsp3) is 0.556. The van der Waals surface area contributed by atoms with Gasteiger partial charge in [0.25, 0.3) is 0 Å². The predicted molar refractivity (Wildman–Crippen MR) is 98.4 cm³/mol. The van der Waals surface area contributed by atoms with Crippen molar-refractivity contribution in [2.75, 3.05) is 13.1 Å². The monoisotopic (exact) mass is 374 g/mol. The first-order chi connectivity index (χ1) is 12.6. The lowest BCUT2D eigenvalue weighted by atomic mass is 9.98. The molecule has 0 spiro atoms. The molecule has 2 fully saturated rings. The molecule has 1 saturated heterocycles. The molecule has 4 atom stereocenters. The van der Waals surface area contributed by atoms with E-state index >= 15 is 0 Å². The Bertz CT molecular complexity index is 791. The van der Waals surface area contributed by atoms with Gasteiger partial charge in [-0.15, -0.1) is 10.2 Å². The van der Waals surface area contributed by atoms with Crippen LogP contribution < -0.4 is 5.73 Å². The van der Waals surface area contributed by atoms with E-state index < -0.39 is 6.04 Å². The summed E-state index contributed by atoms with van der Waals surface area (Å²) in [4.78, 5) is 16.4. The number of hydrogen-bond donors (Lipinski definition) is 1. The number of carbonyl (C=O) groups excluding carboxylic acids is 1. The fourth-order valence-electron chi connectivity index (χ4n) is 4.21. The molecule has 138 valence electrons. The molecule has 1 aliphatic carbocycles. The number of benzene rings is 1. The van der Waals surface area contributed by atoms with Crippen molar-refractivity contribution in [3.05, 3.63) is 29.3 Å². The van der Waals surface area contributed by atoms with E-state index in [0.29, 0.717) is 29.1 Å². The smallest absolute Gasteiger partial charge is 0.249 e. The number of hydrogen-bond acceptors (Lipinski definition) is 5. The van der Waals surface area contributed by atoms with E-state index in [1.165, 1.54) is 4.80 Å². The highest BCUT2D eigenvalue weighted by Gasteiger charge is 2.43. The highest BCUT2D eigenvalue weighted by Crippen LogP contribution is 2.38. The lowest BCUT2D eigenvalue weighted by Crippen LogP contribution is -2.38. The van der Waals surface area contributed by atoms with E-state index in [0.717, 1.165) is 31.5 Å². The van der Waals surface area contributed by atoms with Crippen molar-refractivity contribution in [3.63, 3.8) is 0 Å². The summed E-state index contributed by atoms with van der Waals surface area (Å²) in [7, 11) is 0. The summed E-state index contributed by atoms with van der Waals surface area (Å²) < 4.78 is 0. The number of fused-ring (bicyclic) bond motifs is 1. The minimum Gasteiger partial charge on any atom is -0.340 e. The molecular formula is C18H23ClN6O. The molecule has 8 heteroatoms. The number of nitrogens with zero attached hydrogens (tertiary/aromatic N) is 5. The summed E-state index contributed by atoms with van der Waals surface area (Å²) in [6, 6.07) is 7.04. The third-order valence-corrected chi connectivity index (χ3v) is 5.96. The third-order valence-electron chi connectivity index (χ3n) is 5.71. The van der Waals surface area contributed by atoms with Crippen molar-refractivity contribution in [1.82, 2.24) is 25.1 Å². The van der Waals surface area contributed by atoms with Gasteiger partial charge in [0.05, 0.1) is 0 Å². The quantitative estimate of drug-likeness (QED) is 0.885. The summed E-state index contributed by atoms with van der Waals surface area (Å²) in [5, 5.41) is 13.3. The molecule has 1 aromatic carbocycles. The number of amides is 1. The van der Waals surface area contributed by atoms with Crippen LogP contribution in [-0.4, -0.2) is 50.1 Å². The normalized spacial score (nSPS) is 26.1. The van der Waals surface area contributed by atoms with Gasteiger partial charge in [0, 0.05) is 29.7 Å².